The summed E-state index contributed by atoms with van der Waals surface area (Å²) >= 11 is 0. The number of benzene rings is 2. The van der Waals surface area contributed by atoms with Gasteiger partial charge in [0.15, 0.2) is 0 Å². The third kappa shape index (κ3) is 7.59. The molecule has 0 heterocycles. The zero-order chi connectivity index (χ0) is 24.1. The molecule has 2 aromatic carbocycles. The van der Waals surface area contributed by atoms with Crippen LogP contribution in [0, 0.1) is 12.8 Å². The van der Waals surface area contributed by atoms with Crippen molar-refractivity contribution in [3.63, 3.8) is 0 Å². The summed E-state index contributed by atoms with van der Waals surface area (Å²) in [5.41, 5.74) is 4.11. The number of anilines is 2. The average Bonchev–Trinajstić information content (AvgIpc) is 2.65. The maximum absolute atomic E-state index is 13.4. The van der Waals surface area contributed by atoms with E-state index >= 15 is 0 Å². The summed E-state index contributed by atoms with van der Waals surface area (Å²) in [6.45, 7) is 13.1. The quantitative estimate of drug-likeness (QED) is 0.618. The number of amides is 3. The highest BCUT2D eigenvalue weighted by Crippen LogP contribution is 2.26. The molecule has 0 aliphatic rings. The lowest BCUT2D eigenvalue weighted by atomic mass is 10.1. The van der Waals surface area contributed by atoms with E-state index in [9.17, 15) is 9.59 Å². The highest BCUT2D eigenvalue weighted by Gasteiger charge is 2.20. The molecule has 6 nitrogen and oxygen atoms in total. The Morgan fingerprint density at radius 1 is 1.03 bits per heavy atom. The summed E-state index contributed by atoms with van der Waals surface area (Å²) in [6, 6.07) is 13.3. The molecule has 2 N–H and O–H groups in total. The zero-order valence-corrected chi connectivity index (χ0v) is 20.7. The molecular formula is C26H38N4O2. The smallest absolute Gasteiger partial charge is 0.319 e. The lowest BCUT2D eigenvalue weighted by Gasteiger charge is -2.28. The van der Waals surface area contributed by atoms with Crippen LogP contribution in [-0.2, 0) is 6.54 Å². The molecule has 0 spiro atoms. The minimum atomic E-state index is -0.329. The van der Waals surface area contributed by atoms with Crippen LogP contribution in [0.3, 0.4) is 0 Å². The number of carbonyl (C=O) groups excluding carboxylic acids is 2. The van der Waals surface area contributed by atoms with Crippen molar-refractivity contribution in [2.24, 2.45) is 5.92 Å². The van der Waals surface area contributed by atoms with Gasteiger partial charge in [-0.05, 0) is 69.5 Å². The van der Waals surface area contributed by atoms with Gasteiger partial charge in [-0.15, -0.1) is 0 Å². The Balaban J connectivity index is 2.35. The van der Waals surface area contributed by atoms with E-state index in [-0.39, 0.29) is 17.5 Å². The van der Waals surface area contributed by atoms with E-state index in [1.54, 1.807) is 0 Å². The molecule has 0 aromatic heterocycles. The summed E-state index contributed by atoms with van der Waals surface area (Å²) in [7, 11) is 3.96. The first-order valence-electron chi connectivity index (χ1n) is 11.1. The van der Waals surface area contributed by atoms with Gasteiger partial charge in [0.1, 0.15) is 0 Å². The molecule has 32 heavy (non-hydrogen) atoms. The molecular weight excluding hydrogens is 400 g/mol. The number of nitrogens with zero attached hydrogens (tertiary/aromatic N) is 2. The number of hydrogen-bond donors (Lipinski definition) is 2. The highest BCUT2D eigenvalue weighted by atomic mass is 16.2. The van der Waals surface area contributed by atoms with Crippen LogP contribution in [0.5, 0.6) is 0 Å². The van der Waals surface area contributed by atoms with Crippen molar-refractivity contribution in [3.8, 4) is 0 Å². The number of urea groups is 1. The van der Waals surface area contributed by atoms with Gasteiger partial charge >= 0.3 is 6.03 Å². The molecule has 0 atom stereocenters. The average molecular weight is 439 g/mol. The number of nitrogens with one attached hydrogen (secondary N) is 2. The molecule has 2 aromatic rings. The Hall–Kier alpha value is -3.02. The van der Waals surface area contributed by atoms with Gasteiger partial charge in [0, 0.05) is 49.7 Å². The molecule has 0 aliphatic heterocycles. The van der Waals surface area contributed by atoms with Crippen molar-refractivity contribution < 1.29 is 9.59 Å². The van der Waals surface area contributed by atoms with Crippen molar-refractivity contribution in [1.82, 2.24) is 10.2 Å². The van der Waals surface area contributed by atoms with Gasteiger partial charge in [0.05, 0.1) is 0 Å². The Morgan fingerprint density at radius 3 is 2.28 bits per heavy atom. The van der Waals surface area contributed by atoms with Crippen molar-refractivity contribution >= 4 is 23.3 Å². The van der Waals surface area contributed by atoms with Crippen LogP contribution < -0.4 is 15.5 Å². The van der Waals surface area contributed by atoms with Gasteiger partial charge < -0.3 is 20.4 Å². The number of carbonyl (C=O) groups is 2. The van der Waals surface area contributed by atoms with Crippen LogP contribution >= 0.6 is 0 Å². The molecule has 0 saturated heterocycles. The molecule has 2 rings (SSSR count). The van der Waals surface area contributed by atoms with E-state index in [2.05, 4.69) is 24.5 Å². The molecule has 0 fully saturated rings. The van der Waals surface area contributed by atoms with E-state index < -0.39 is 0 Å². The SMILES string of the molecule is Cc1cccc(C(=O)N(Cc2cc(NC(=O)NC(C)(C)C)ccc2N(C)C)CC(C)C)c1. The second-order valence-corrected chi connectivity index (χ2v) is 10.0. The second kappa shape index (κ2) is 10.5. The van der Waals surface area contributed by atoms with Gasteiger partial charge in [0.25, 0.3) is 5.91 Å². The molecule has 0 unspecified atom stereocenters. The van der Waals surface area contributed by atoms with Crippen LogP contribution in [0.4, 0.5) is 16.2 Å². The third-order valence-electron chi connectivity index (χ3n) is 4.81. The van der Waals surface area contributed by atoms with Gasteiger partial charge in [-0.1, -0.05) is 31.5 Å². The van der Waals surface area contributed by atoms with E-state index in [4.69, 9.17) is 0 Å². The third-order valence-corrected chi connectivity index (χ3v) is 4.81. The van der Waals surface area contributed by atoms with E-state index in [0.717, 1.165) is 16.8 Å². The Morgan fingerprint density at radius 2 is 1.72 bits per heavy atom. The predicted octanol–water partition coefficient (Wildman–Crippen LogP) is 5.28. The zero-order valence-electron chi connectivity index (χ0n) is 20.7. The number of aryl methyl sites for hydroxylation is 1. The minimum absolute atomic E-state index is 0.0101. The first-order chi connectivity index (χ1) is 14.9. The van der Waals surface area contributed by atoms with Crippen molar-refractivity contribution in [2.75, 3.05) is 30.9 Å². The van der Waals surface area contributed by atoms with Gasteiger partial charge in [-0.3, -0.25) is 4.79 Å². The Kier molecular flexibility index (Phi) is 8.31. The molecule has 0 saturated carbocycles. The van der Waals surface area contributed by atoms with Crippen molar-refractivity contribution in [3.05, 3.63) is 59.2 Å². The van der Waals surface area contributed by atoms with E-state index in [1.165, 1.54) is 0 Å². The molecule has 0 radical (unpaired) electrons. The monoisotopic (exact) mass is 438 g/mol. The normalized spacial score (nSPS) is 11.3. The highest BCUT2D eigenvalue weighted by molar-refractivity contribution is 5.94. The summed E-state index contributed by atoms with van der Waals surface area (Å²) in [5, 5.41) is 5.83. The van der Waals surface area contributed by atoms with Crippen molar-refractivity contribution in [2.45, 2.75) is 53.6 Å². The van der Waals surface area contributed by atoms with Crippen LogP contribution in [0.1, 0.15) is 56.1 Å². The van der Waals surface area contributed by atoms with Crippen molar-refractivity contribution in [1.29, 1.82) is 0 Å². The van der Waals surface area contributed by atoms with E-state index in [0.29, 0.717) is 30.3 Å². The molecule has 3 amide bonds. The maximum atomic E-state index is 13.4. The Labute approximate surface area is 193 Å². The predicted molar refractivity (Wildman–Crippen MR) is 133 cm³/mol. The molecule has 174 valence electrons. The summed E-state index contributed by atoms with van der Waals surface area (Å²) in [6.07, 6.45) is 0. The molecule has 0 bridgehead atoms. The maximum Gasteiger partial charge on any atom is 0.319 e. The molecule has 6 heteroatoms. The summed E-state index contributed by atoms with van der Waals surface area (Å²) in [5.74, 6) is 0.335. The van der Waals surface area contributed by atoms with Gasteiger partial charge in [0.2, 0.25) is 0 Å². The van der Waals surface area contributed by atoms with E-state index in [1.807, 2.05) is 94.1 Å². The van der Waals surface area contributed by atoms with Crippen LogP contribution in [0.2, 0.25) is 0 Å². The van der Waals surface area contributed by atoms with Gasteiger partial charge in [-0.25, -0.2) is 4.79 Å². The lowest BCUT2D eigenvalue weighted by Crippen LogP contribution is -2.43. The van der Waals surface area contributed by atoms with Gasteiger partial charge in [-0.2, -0.15) is 0 Å². The topological polar surface area (TPSA) is 64.7 Å². The second-order valence-electron chi connectivity index (χ2n) is 10.0. The minimum Gasteiger partial charge on any atom is -0.377 e. The standard InChI is InChI=1S/C26H38N4O2/c1-18(2)16-30(24(31)20-11-9-10-19(3)14-20)17-21-15-22(12-13-23(21)29(7)8)27-25(32)28-26(4,5)6/h9-15,18H,16-17H2,1-8H3,(H2,27,28,32). The Bertz CT molecular complexity index is 945. The molecule has 0 aliphatic carbocycles. The summed E-state index contributed by atoms with van der Waals surface area (Å²) in [4.78, 5) is 29.6. The van der Waals surface area contributed by atoms with Crippen LogP contribution in [0.15, 0.2) is 42.5 Å². The first kappa shape index (κ1) is 25.2. The van der Waals surface area contributed by atoms with Crippen LogP contribution in [0.25, 0.3) is 0 Å². The number of rotatable bonds is 7. The first-order valence-corrected chi connectivity index (χ1v) is 11.1. The summed E-state index contributed by atoms with van der Waals surface area (Å²) < 4.78 is 0. The fraction of sp³-hybridized carbons (Fsp3) is 0.462. The number of hydrogen-bond acceptors (Lipinski definition) is 3. The fourth-order valence-corrected chi connectivity index (χ4v) is 3.56. The lowest BCUT2D eigenvalue weighted by molar-refractivity contribution is 0.0722. The van der Waals surface area contributed by atoms with Crippen LogP contribution in [-0.4, -0.2) is 43.0 Å². The largest absolute Gasteiger partial charge is 0.377 e. The fourth-order valence-electron chi connectivity index (χ4n) is 3.56.